The number of carbonyl (C=O) groups excluding carboxylic acids is 2. The first-order valence-electron chi connectivity index (χ1n) is 15.5. The zero-order valence-electron chi connectivity index (χ0n) is 26.4. The fourth-order valence-corrected chi connectivity index (χ4v) is 5.28. The number of aromatic nitrogens is 2. The van der Waals surface area contributed by atoms with Gasteiger partial charge in [-0.05, 0) is 62.3 Å². The van der Waals surface area contributed by atoms with E-state index in [9.17, 15) is 39.6 Å². The van der Waals surface area contributed by atoms with Crippen molar-refractivity contribution in [1.29, 1.82) is 0 Å². The Morgan fingerprint density at radius 2 is 1.83 bits per heavy atom. The van der Waals surface area contributed by atoms with E-state index in [1.165, 1.54) is 17.4 Å². The molecule has 0 radical (unpaired) electrons. The molecule has 0 bridgehead atoms. The van der Waals surface area contributed by atoms with E-state index in [-0.39, 0.29) is 55.4 Å². The van der Waals surface area contributed by atoms with E-state index in [4.69, 9.17) is 5.73 Å². The number of H-pyrrole nitrogens is 1. The average Bonchev–Trinajstić information content (AvgIpc) is 3.77. The molecule has 1 saturated heterocycles. The quantitative estimate of drug-likeness (QED) is 0.0386. The zero-order chi connectivity index (χ0) is 34.2. The van der Waals surface area contributed by atoms with Crippen LogP contribution in [-0.4, -0.2) is 111 Å². The van der Waals surface area contributed by atoms with Gasteiger partial charge in [-0.25, -0.2) is 9.78 Å². The fourth-order valence-electron chi connectivity index (χ4n) is 5.28. The van der Waals surface area contributed by atoms with E-state index in [2.05, 4.69) is 30.6 Å². The van der Waals surface area contributed by atoms with Crippen molar-refractivity contribution in [1.82, 2.24) is 25.5 Å². The molecule has 1 fully saturated rings. The number of likely N-dealkylation sites (tertiary alicyclic amines) is 1. The Kier molecular flexibility index (Phi) is 17.3. The molecule has 4 atom stereocenters. The molecule has 16 nitrogen and oxygen atoms in total. The molecule has 17 heteroatoms. The van der Waals surface area contributed by atoms with Gasteiger partial charge >= 0.3 is 28.4 Å². The Morgan fingerprint density at radius 1 is 1.08 bits per heavy atom. The molecular weight excluding hydrogens is 671 g/mol. The van der Waals surface area contributed by atoms with Crippen LogP contribution in [0.2, 0.25) is 0 Å². The number of aliphatic imine (C=N–C) groups is 2. The summed E-state index contributed by atoms with van der Waals surface area (Å²) in [7, 11) is 0. The number of benzene rings is 1. The average molecular weight is 713 g/mol. The number of imidazole rings is 1. The van der Waals surface area contributed by atoms with Gasteiger partial charge in [0.15, 0.2) is 0 Å². The van der Waals surface area contributed by atoms with Crippen LogP contribution in [0.4, 0.5) is 0 Å². The third-order valence-electron chi connectivity index (χ3n) is 7.74. The predicted octanol–water partition coefficient (Wildman–Crippen LogP) is -1.80. The molecule has 2 amide bonds. The summed E-state index contributed by atoms with van der Waals surface area (Å²) >= 11 is 0. The van der Waals surface area contributed by atoms with Gasteiger partial charge in [-0.1, -0.05) is 30.3 Å². The molecule has 1 aliphatic rings. The summed E-state index contributed by atoms with van der Waals surface area (Å²) in [6.07, 6.45) is 5.47. The number of nitrogens with zero attached hydrogens (tertiary/aromatic N) is 4. The van der Waals surface area contributed by atoms with Crippen LogP contribution in [0.5, 0.6) is 0 Å². The molecule has 3 rings (SSSR count). The topological polar surface area (TPSA) is 262 Å². The molecule has 0 spiro atoms. The first-order chi connectivity index (χ1) is 22.6. The summed E-state index contributed by atoms with van der Waals surface area (Å²) < 4.78 is 0. The van der Waals surface area contributed by atoms with Crippen LogP contribution >= 0.6 is 0 Å². The van der Waals surface area contributed by atoms with Gasteiger partial charge in [0.2, 0.25) is 11.8 Å². The summed E-state index contributed by atoms with van der Waals surface area (Å²) in [5, 5.41) is 48.9. The molecular formula is C31H42N8NiO8. The van der Waals surface area contributed by atoms with E-state index < -0.39 is 66.3 Å². The summed E-state index contributed by atoms with van der Waals surface area (Å²) in [5.41, 5.74) is 6.71. The number of rotatable bonds is 20. The van der Waals surface area contributed by atoms with E-state index in [1.807, 2.05) is 30.3 Å². The number of nitrogens with one attached hydrogen (secondary N) is 3. The zero-order valence-corrected chi connectivity index (χ0v) is 27.4. The number of hydrogen-bond donors (Lipinski definition) is 6. The summed E-state index contributed by atoms with van der Waals surface area (Å²) in [6, 6.07) is 5.25. The van der Waals surface area contributed by atoms with Crippen molar-refractivity contribution in [3.8, 4) is 0 Å². The van der Waals surface area contributed by atoms with Gasteiger partial charge < -0.3 is 41.4 Å². The first kappa shape index (κ1) is 39.8. The molecule has 2 aromatic rings. The van der Waals surface area contributed by atoms with Crippen LogP contribution in [0, 0.1) is 0 Å². The number of aromatic amines is 1. The van der Waals surface area contributed by atoms with Gasteiger partial charge in [-0.2, -0.15) is 0 Å². The summed E-state index contributed by atoms with van der Waals surface area (Å²) in [4.78, 5) is 66.0. The van der Waals surface area contributed by atoms with E-state index in [1.54, 1.807) is 0 Å². The van der Waals surface area contributed by atoms with Crippen molar-refractivity contribution in [3.63, 3.8) is 0 Å². The minimum atomic E-state index is -1.12. The molecule has 1 aromatic carbocycles. The maximum Gasteiger partial charge on any atom is 2.00 e. The van der Waals surface area contributed by atoms with Crippen molar-refractivity contribution >= 4 is 35.5 Å². The van der Waals surface area contributed by atoms with Crippen LogP contribution in [0.15, 0.2) is 52.8 Å². The summed E-state index contributed by atoms with van der Waals surface area (Å²) in [5.74, 6) is -4.67. The number of aliphatic carboxylic acids is 2. The molecule has 1 aromatic heterocycles. The number of nitrogens with two attached hydrogens (primary N) is 1. The fraction of sp³-hybridized carbons (Fsp3) is 0.516. The standard InChI is InChI=1S/C31H44N8O8.Ni/c32-16-26(40)35-18-27(41)38-24(15-21-17-33-19-36-21)28(42)34-13-5-4-9-22(29(43)39-14-6-10-25(39)31(46)47)37-23(30(44)45)12-11-20-7-2-1-3-8-20;/h1-3,7-8,17,19,22-25,37H,4-6,9-16,18,32H2,(H,33,36)(H,34,42)(H,35,40)(H,38,41)(H,44,45)(H,46,47);/q;+2/p-2/t22-,23-,24-,25-;/m0./s1. The van der Waals surface area contributed by atoms with Crippen LogP contribution < -0.4 is 26.6 Å². The third kappa shape index (κ3) is 13.0. The van der Waals surface area contributed by atoms with Gasteiger partial charge in [0.25, 0.3) is 0 Å². The maximum atomic E-state index is 13.6. The van der Waals surface area contributed by atoms with Crippen molar-refractivity contribution in [2.75, 3.05) is 26.2 Å². The minimum Gasteiger partial charge on any atom is -0.861 e. The summed E-state index contributed by atoms with van der Waals surface area (Å²) in [6.45, 7) is -0.458. The minimum absolute atomic E-state index is 0. The smallest absolute Gasteiger partial charge is 0.861 e. The van der Waals surface area contributed by atoms with E-state index in [0.717, 1.165) is 5.56 Å². The van der Waals surface area contributed by atoms with Crippen molar-refractivity contribution in [3.05, 3.63) is 54.1 Å². The van der Waals surface area contributed by atoms with E-state index >= 15 is 0 Å². The van der Waals surface area contributed by atoms with Gasteiger partial charge in [0, 0.05) is 37.9 Å². The first-order valence-corrected chi connectivity index (χ1v) is 15.5. The normalized spacial score (nSPS) is 16.9. The number of carboxylic acid groups (broad SMARTS) is 2. The van der Waals surface area contributed by atoms with Crippen molar-refractivity contribution in [2.24, 2.45) is 15.7 Å². The van der Waals surface area contributed by atoms with Crippen LogP contribution in [0.25, 0.3) is 0 Å². The molecule has 2 heterocycles. The number of amides is 2. The van der Waals surface area contributed by atoms with Gasteiger partial charge in [-0.15, -0.1) is 0 Å². The van der Waals surface area contributed by atoms with E-state index in [0.29, 0.717) is 37.8 Å². The number of carbonyl (C=O) groups is 4. The molecule has 0 aliphatic carbocycles. The Labute approximate surface area is 288 Å². The Balaban J connectivity index is 0.00000800. The second kappa shape index (κ2) is 20.8. The molecule has 264 valence electrons. The molecule has 0 unspecified atom stereocenters. The second-order valence-corrected chi connectivity index (χ2v) is 11.2. The molecule has 48 heavy (non-hydrogen) atoms. The largest absolute Gasteiger partial charge is 2.00 e. The Bertz CT molecular complexity index is 1380. The Hall–Kier alpha value is -4.34. The van der Waals surface area contributed by atoms with Crippen LogP contribution in [-0.2, 0) is 48.5 Å². The van der Waals surface area contributed by atoms with Crippen LogP contribution in [0.1, 0.15) is 49.8 Å². The number of aryl methyl sites for hydroxylation is 1. The van der Waals surface area contributed by atoms with Gasteiger partial charge in [0.1, 0.15) is 18.1 Å². The van der Waals surface area contributed by atoms with Gasteiger partial charge in [-0.3, -0.25) is 29.7 Å². The van der Waals surface area contributed by atoms with Crippen molar-refractivity contribution < 1.29 is 56.1 Å². The molecule has 7 N–H and O–H groups in total. The maximum absolute atomic E-state index is 13.6. The van der Waals surface area contributed by atoms with Crippen LogP contribution in [0.3, 0.4) is 0 Å². The molecule has 1 aliphatic heterocycles. The monoisotopic (exact) mass is 712 g/mol. The second-order valence-electron chi connectivity index (χ2n) is 11.2. The van der Waals surface area contributed by atoms with Crippen molar-refractivity contribution in [2.45, 2.75) is 75.5 Å². The number of hydrogen-bond acceptors (Lipinski definition) is 11. The number of unbranched alkanes of at least 4 members (excludes halogenated alkanes) is 1. The van der Waals surface area contributed by atoms with Gasteiger partial charge in [0.05, 0.1) is 18.9 Å². The predicted molar refractivity (Wildman–Crippen MR) is 167 cm³/mol. The number of carboxylic acids is 2. The Morgan fingerprint density at radius 3 is 2.48 bits per heavy atom. The SMILES string of the molecule is NCC([O-])=NCC([O-])=N[C@@H](Cc1cnc[nH]1)C(=O)NCCCC[C@H](N[C@@H](CCc1ccccc1)C(=O)O)C(=O)N1CCC[C@H]1C(=O)O.[Ni+2]. The third-order valence-corrected chi connectivity index (χ3v) is 7.74. The molecule has 0 saturated carbocycles.